The number of hydrogen-bond donors (Lipinski definition) is 2. The predicted octanol–water partition coefficient (Wildman–Crippen LogP) is 3.18. The number of carbonyl (C=O) groups excluding carboxylic acids is 1. The first kappa shape index (κ1) is 20.7. The van der Waals surface area contributed by atoms with Crippen LogP contribution in [0.4, 0.5) is 8.78 Å². The van der Waals surface area contributed by atoms with E-state index >= 15 is 0 Å². The van der Waals surface area contributed by atoms with Crippen LogP contribution in [0.3, 0.4) is 0 Å². The second-order valence-corrected chi connectivity index (χ2v) is 7.39. The van der Waals surface area contributed by atoms with Gasteiger partial charge in [0.2, 0.25) is 0 Å². The number of rotatable bonds is 5. The van der Waals surface area contributed by atoms with E-state index in [9.17, 15) is 13.6 Å². The van der Waals surface area contributed by atoms with Crippen LogP contribution in [0.5, 0.6) is 0 Å². The van der Waals surface area contributed by atoms with Crippen LogP contribution in [0.15, 0.2) is 18.2 Å². The summed E-state index contributed by atoms with van der Waals surface area (Å²) in [4.78, 5) is 12.7. The molecular formula is C20H25ClF2N4O. The Balaban J connectivity index is 0.00000225. The van der Waals surface area contributed by atoms with Crippen molar-refractivity contribution in [2.45, 2.75) is 38.5 Å². The number of hydrogen-bond acceptors (Lipinski definition) is 3. The lowest BCUT2D eigenvalue weighted by atomic mass is 9.96. The molecule has 0 spiro atoms. The number of nitrogens with zero attached hydrogens (tertiary/aromatic N) is 2. The quantitative estimate of drug-likeness (QED) is 0.796. The molecule has 1 atom stereocenters. The largest absolute Gasteiger partial charge is 0.351 e. The molecule has 0 bridgehead atoms. The van der Waals surface area contributed by atoms with Crippen LogP contribution in [-0.4, -0.2) is 35.3 Å². The van der Waals surface area contributed by atoms with Gasteiger partial charge in [0.25, 0.3) is 5.91 Å². The molecule has 1 aliphatic heterocycles. The van der Waals surface area contributed by atoms with Gasteiger partial charge in [-0.05, 0) is 69.7 Å². The van der Waals surface area contributed by atoms with Crippen LogP contribution in [-0.2, 0) is 12.8 Å². The highest BCUT2D eigenvalue weighted by Gasteiger charge is 2.27. The first-order chi connectivity index (χ1) is 13.1. The fourth-order valence-electron chi connectivity index (χ4n) is 4.09. The molecule has 2 N–H and O–H groups in total. The molecule has 1 amide bonds. The van der Waals surface area contributed by atoms with Gasteiger partial charge in [-0.1, -0.05) is 0 Å². The van der Waals surface area contributed by atoms with E-state index in [0.29, 0.717) is 23.8 Å². The average Bonchev–Trinajstić information content (AvgIpc) is 3.27. The fourth-order valence-corrected chi connectivity index (χ4v) is 4.09. The van der Waals surface area contributed by atoms with Gasteiger partial charge in [-0.3, -0.25) is 4.79 Å². The highest BCUT2D eigenvalue weighted by molar-refractivity contribution is 5.94. The van der Waals surface area contributed by atoms with Crippen molar-refractivity contribution in [1.29, 1.82) is 0 Å². The van der Waals surface area contributed by atoms with Crippen LogP contribution in [0.2, 0.25) is 0 Å². The van der Waals surface area contributed by atoms with E-state index < -0.39 is 11.6 Å². The van der Waals surface area contributed by atoms with Crippen molar-refractivity contribution in [3.8, 4) is 5.69 Å². The van der Waals surface area contributed by atoms with Gasteiger partial charge < -0.3 is 10.6 Å². The molecule has 28 heavy (non-hydrogen) atoms. The topological polar surface area (TPSA) is 59.0 Å². The SMILES string of the molecule is Cl.O=C(NCCC1CCCNC1)c1nn(-c2ccc(F)c(F)c2)c2c1CCC2. The van der Waals surface area contributed by atoms with Gasteiger partial charge in [0.15, 0.2) is 17.3 Å². The number of aromatic nitrogens is 2. The summed E-state index contributed by atoms with van der Waals surface area (Å²) in [6.07, 6.45) is 5.83. The van der Waals surface area contributed by atoms with Gasteiger partial charge in [0, 0.05) is 23.9 Å². The predicted molar refractivity (Wildman–Crippen MR) is 105 cm³/mol. The molecule has 1 aromatic carbocycles. The molecule has 152 valence electrons. The van der Waals surface area contributed by atoms with Crippen LogP contribution in [0.25, 0.3) is 5.69 Å². The van der Waals surface area contributed by atoms with E-state index in [1.165, 1.54) is 18.9 Å². The van der Waals surface area contributed by atoms with Gasteiger partial charge in [-0.25, -0.2) is 13.5 Å². The molecule has 2 heterocycles. The summed E-state index contributed by atoms with van der Waals surface area (Å²) in [6.45, 7) is 2.71. The minimum absolute atomic E-state index is 0. The third kappa shape index (κ3) is 4.20. The molecular weight excluding hydrogens is 386 g/mol. The molecule has 1 fully saturated rings. The van der Waals surface area contributed by atoms with Crippen LogP contribution in [0.1, 0.15) is 47.4 Å². The van der Waals surface area contributed by atoms with E-state index in [2.05, 4.69) is 15.7 Å². The van der Waals surface area contributed by atoms with Crippen LogP contribution >= 0.6 is 12.4 Å². The summed E-state index contributed by atoms with van der Waals surface area (Å²) in [7, 11) is 0. The van der Waals surface area contributed by atoms with Crippen LogP contribution < -0.4 is 10.6 Å². The highest BCUT2D eigenvalue weighted by atomic mass is 35.5. The Bertz CT molecular complexity index is 849. The highest BCUT2D eigenvalue weighted by Crippen LogP contribution is 2.28. The summed E-state index contributed by atoms with van der Waals surface area (Å²) in [6, 6.07) is 3.70. The normalized spacial score (nSPS) is 18.4. The lowest BCUT2D eigenvalue weighted by Gasteiger charge is -2.22. The molecule has 1 aromatic heterocycles. The van der Waals surface area contributed by atoms with Gasteiger partial charge in [0.05, 0.1) is 5.69 Å². The van der Waals surface area contributed by atoms with E-state index in [4.69, 9.17) is 0 Å². The van der Waals surface area contributed by atoms with E-state index in [-0.39, 0.29) is 18.3 Å². The van der Waals surface area contributed by atoms with Crippen molar-refractivity contribution >= 4 is 18.3 Å². The van der Waals surface area contributed by atoms with Gasteiger partial charge >= 0.3 is 0 Å². The minimum atomic E-state index is -0.915. The van der Waals surface area contributed by atoms with E-state index in [1.54, 1.807) is 4.68 Å². The minimum Gasteiger partial charge on any atom is -0.351 e. The Morgan fingerprint density at radius 3 is 2.86 bits per heavy atom. The zero-order chi connectivity index (χ0) is 18.8. The third-order valence-electron chi connectivity index (χ3n) is 5.53. The van der Waals surface area contributed by atoms with Crippen molar-refractivity contribution in [3.05, 3.63) is 46.8 Å². The Hall–Kier alpha value is -1.99. The maximum absolute atomic E-state index is 13.6. The van der Waals surface area contributed by atoms with Crippen molar-refractivity contribution in [1.82, 2.24) is 20.4 Å². The number of piperidine rings is 1. The maximum Gasteiger partial charge on any atom is 0.272 e. The first-order valence-electron chi connectivity index (χ1n) is 9.68. The molecule has 2 aliphatic rings. The molecule has 1 saturated heterocycles. The molecule has 5 nitrogen and oxygen atoms in total. The molecule has 0 radical (unpaired) electrons. The Morgan fingerprint density at radius 2 is 2.11 bits per heavy atom. The standard InChI is InChI=1S/C20H24F2N4O.ClH/c21-16-7-6-14(11-17(16)22)26-18-5-1-4-15(18)19(25-26)20(27)24-10-8-13-3-2-9-23-12-13;/h6-7,11,13,23H,1-5,8-10,12H2,(H,24,27);1H. The van der Waals surface area contributed by atoms with Crippen molar-refractivity contribution < 1.29 is 13.6 Å². The summed E-state index contributed by atoms with van der Waals surface area (Å²) in [5, 5.41) is 10.8. The van der Waals surface area contributed by atoms with Crippen molar-refractivity contribution in [3.63, 3.8) is 0 Å². The molecule has 1 aliphatic carbocycles. The number of fused-ring (bicyclic) bond motifs is 1. The number of halogens is 3. The second-order valence-electron chi connectivity index (χ2n) is 7.39. The Kier molecular flexibility index (Phi) is 6.67. The van der Waals surface area contributed by atoms with Crippen LogP contribution in [0, 0.1) is 17.6 Å². The number of nitrogens with one attached hydrogen (secondary N) is 2. The zero-order valence-electron chi connectivity index (χ0n) is 15.6. The zero-order valence-corrected chi connectivity index (χ0v) is 16.5. The molecule has 1 unspecified atom stereocenters. The van der Waals surface area contributed by atoms with Gasteiger partial charge in [-0.15, -0.1) is 12.4 Å². The number of amides is 1. The van der Waals surface area contributed by atoms with Crippen molar-refractivity contribution in [2.24, 2.45) is 5.92 Å². The Labute approximate surface area is 169 Å². The molecule has 0 saturated carbocycles. The summed E-state index contributed by atoms with van der Waals surface area (Å²) < 4.78 is 28.5. The lowest BCUT2D eigenvalue weighted by molar-refractivity contribution is 0.0944. The van der Waals surface area contributed by atoms with Crippen molar-refractivity contribution in [2.75, 3.05) is 19.6 Å². The monoisotopic (exact) mass is 410 g/mol. The van der Waals surface area contributed by atoms with Gasteiger partial charge in [-0.2, -0.15) is 5.10 Å². The molecule has 4 rings (SSSR count). The number of benzene rings is 1. The van der Waals surface area contributed by atoms with E-state index in [1.807, 2.05) is 0 Å². The third-order valence-corrected chi connectivity index (χ3v) is 5.53. The summed E-state index contributed by atoms with van der Waals surface area (Å²) >= 11 is 0. The lowest BCUT2D eigenvalue weighted by Crippen LogP contribution is -2.33. The Morgan fingerprint density at radius 1 is 1.25 bits per heavy atom. The summed E-state index contributed by atoms with van der Waals surface area (Å²) in [5.74, 6) is -1.39. The average molecular weight is 411 g/mol. The number of carbonyl (C=O) groups is 1. The van der Waals surface area contributed by atoms with Gasteiger partial charge in [0.1, 0.15) is 0 Å². The van der Waals surface area contributed by atoms with E-state index in [0.717, 1.165) is 62.2 Å². The summed E-state index contributed by atoms with van der Waals surface area (Å²) in [5.41, 5.74) is 2.70. The molecule has 8 heteroatoms. The first-order valence-corrected chi connectivity index (χ1v) is 9.68. The smallest absolute Gasteiger partial charge is 0.272 e. The molecule has 2 aromatic rings. The second kappa shape index (κ2) is 9.01. The maximum atomic E-state index is 13.6. The fraction of sp³-hybridized carbons (Fsp3) is 0.500.